The number of hydrogen-bond donors (Lipinski definition) is 0. The normalized spacial score (nSPS) is 58.8. The lowest BCUT2D eigenvalue weighted by molar-refractivity contribution is 0.556. The van der Waals surface area contributed by atoms with Gasteiger partial charge in [-0.15, -0.1) is 0 Å². The van der Waals surface area contributed by atoms with E-state index in [0.29, 0.717) is 5.90 Å². The Morgan fingerprint density at radius 1 is 1.22 bits per heavy atom. The van der Waals surface area contributed by atoms with Gasteiger partial charge in [0.2, 0.25) is 0 Å². The molecule has 1 aliphatic heterocycles. The topological polar surface area (TPSA) is 34.1 Å². The van der Waals surface area contributed by atoms with Crippen molar-refractivity contribution >= 4 is 14.3 Å². The van der Waals surface area contributed by atoms with E-state index in [1.54, 1.807) is 13.3 Å². The van der Waals surface area contributed by atoms with Gasteiger partial charge in [0, 0.05) is 0 Å². The highest BCUT2D eigenvalue weighted by molar-refractivity contribution is 7.96. The zero-order chi connectivity index (χ0) is 7.28. The van der Waals surface area contributed by atoms with Gasteiger partial charge in [0.05, 0.1) is 11.3 Å². The van der Waals surface area contributed by atoms with Crippen molar-refractivity contribution < 1.29 is 9.13 Å². The molecule has 0 saturated carbocycles. The predicted octanol–water partition coefficient (Wildman–Crippen LogP) is 2.29. The van der Waals surface area contributed by atoms with Gasteiger partial charge in [-0.25, -0.2) is 0 Å². The Bertz CT molecular complexity index is 199. The summed E-state index contributed by atoms with van der Waals surface area (Å²) in [7, 11) is -3.88. The Hall–Kier alpha value is 0.460. The predicted molar refractivity (Wildman–Crippen MR) is 41.4 cm³/mol. The summed E-state index contributed by atoms with van der Waals surface area (Å²) in [5, 5.41) is 0.00463. The van der Waals surface area contributed by atoms with Crippen molar-refractivity contribution in [3.05, 3.63) is 0 Å². The van der Waals surface area contributed by atoms with E-state index in [9.17, 15) is 9.13 Å². The molecule has 2 atom stereocenters. The average Bonchev–Trinajstić information content (AvgIpc) is 1.63. The van der Waals surface area contributed by atoms with E-state index in [0.717, 1.165) is 0 Å². The maximum atomic E-state index is 11.2. The summed E-state index contributed by atoms with van der Waals surface area (Å²) in [6, 6.07) is 0. The minimum Gasteiger partial charge on any atom is -0.323 e. The van der Waals surface area contributed by atoms with E-state index in [1.165, 1.54) is 0 Å². The lowest BCUT2D eigenvalue weighted by Gasteiger charge is -2.38. The Kier molecular flexibility index (Phi) is 1.46. The van der Waals surface area contributed by atoms with E-state index in [1.807, 2.05) is 6.92 Å². The van der Waals surface area contributed by atoms with E-state index in [2.05, 4.69) is 0 Å². The smallest absolute Gasteiger partial charge is 0.102 e. The highest BCUT2D eigenvalue weighted by atomic mass is 31.3. The lowest BCUT2D eigenvalue weighted by Crippen LogP contribution is -2.18. The molecule has 2 nitrogen and oxygen atoms in total. The molecule has 1 aliphatic rings. The minimum absolute atomic E-state index is 0.00463. The molecule has 1 saturated heterocycles. The third-order valence-electron chi connectivity index (χ3n) is 2.14. The van der Waals surface area contributed by atoms with Crippen molar-refractivity contribution in [2.24, 2.45) is 0 Å². The van der Waals surface area contributed by atoms with Crippen LogP contribution in [0.25, 0.3) is 0 Å². The fourth-order valence-electron chi connectivity index (χ4n) is 1.21. The Morgan fingerprint density at radius 3 is 1.56 bits per heavy atom. The van der Waals surface area contributed by atoms with Gasteiger partial charge in [-0.1, -0.05) is 0 Å². The minimum atomic E-state index is -1.94. The first-order chi connectivity index (χ1) is 3.86. The molecule has 0 bridgehead atoms. The van der Waals surface area contributed by atoms with Gasteiger partial charge in [0.25, 0.3) is 0 Å². The van der Waals surface area contributed by atoms with Crippen LogP contribution in [0.15, 0.2) is 0 Å². The van der Waals surface area contributed by atoms with Crippen molar-refractivity contribution in [2.75, 3.05) is 19.2 Å². The molecule has 0 aromatic heterocycles. The molecule has 1 fully saturated rings. The third-order valence-corrected chi connectivity index (χ3v) is 12.7. The first-order valence-electron chi connectivity index (χ1n) is 2.99. The first kappa shape index (κ1) is 7.57. The van der Waals surface area contributed by atoms with Crippen molar-refractivity contribution in [1.29, 1.82) is 0 Å². The van der Waals surface area contributed by atoms with Crippen LogP contribution in [-0.4, -0.2) is 24.6 Å². The molecule has 0 spiro atoms. The van der Waals surface area contributed by atoms with Gasteiger partial charge in [-0.3, -0.25) is 0 Å². The molecule has 9 heavy (non-hydrogen) atoms. The van der Waals surface area contributed by atoms with Crippen LogP contribution in [0.5, 0.6) is 0 Å². The molecule has 54 valence electrons. The molecule has 0 amide bonds. The van der Waals surface area contributed by atoms with E-state index >= 15 is 0 Å². The van der Waals surface area contributed by atoms with Gasteiger partial charge in [-0.05, 0) is 20.3 Å². The molecule has 0 N–H and O–H groups in total. The highest BCUT2D eigenvalue weighted by Gasteiger charge is 2.49. The lowest BCUT2D eigenvalue weighted by atomic mass is 11.0. The summed E-state index contributed by atoms with van der Waals surface area (Å²) in [5.74, 6) is 0.501. The number of hydrogen-bond acceptors (Lipinski definition) is 2. The van der Waals surface area contributed by atoms with Gasteiger partial charge in [0.15, 0.2) is 0 Å². The second-order valence-electron chi connectivity index (χ2n) is 3.12. The monoisotopic (exact) mass is 166 g/mol. The van der Waals surface area contributed by atoms with Crippen LogP contribution in [0.4, 0.5) is 0 Å². The zero-order valence-electron chi connectivity index (χ0n) is 6.00. The molecule has 0 aliphatic carbocycles. The third kappa shape index (κ3) is 1.04. The standard InChI is InChI=1S/C5H12O2P2/c1-5-8(2,6)4-9(5,3)7/h5H,4H2,1-3H3. The molecule has 0 radical (unpaired) electrons. The van der Waals surface area contributed by atoms with Crippen LogP contribution >= 0.6 is 14.3 Å². The van der Waals surface area contributed by atoms with E-state index < -0.39 is 14.3 Å². The summed E-state index contributed by atoms with van der Waals surface area (Å²) < 4.78 is 22.5. The SMILES string of the molecule is CC1P(C)(=O)CP1(C)=O. The fraction of sp³-hybridized carbons (Fsp3) is 1.00. The van der Waals surface area contributed by atoms with Crippen LogP contribution < -0.4 is 0 Å². The average molecular weight is 166 g/mol. The van der Waals surface area contributed by atoms with Gasteiger partial charge >= 0.3 is 0 Å². The summed E-state index contributed by atoms with van der Waals surface area (Å²) in [5.41, 5.74) is 0. The van der Waals surface area contributed by atoms with Crippen molar-refractivity contribution in [3.8, 4) is 0 Å². The number of rotatable bonds is 0. The van der Waals surface area contributed by atoms with Crippen LogP contribution in [0.2, 0.25) is 0 Å². The summed E-state index contributed by atoms with van der Waals surface area (Å²) in [6.07, 6.45) is 0. The van der Waals surface area contributed by atoms with Crippen molar-refractivity contribution in [1.82, 2.24) is 0 Å². The Labute approximate surface area is 55.8 Å². The first-order valence-corrected chi connectivity index (χ1v) is 7.80. The van der Waals surface area contributed by atoms with Crippen LogP contribution in [0.1, 0.15) is 6.92 Å². The maximum absolute atomic E-state index is 11.2. The van der Waals surface area contributed by atoms with E-state index in [4.69, 9.17) is 0 Å². The van der Waals surface area contributed by atoms with Crippen LogP contribution in [0, 0.1) is 0 Å². The van der Waals surface area contributed by atoms with Gasteiger partial charge in [0.1, 0.15) is 14.3 Å². The van der Waals surface area contributed by atoms with Crippen LogP contribution in [0.3, 0.4) is 0 Å². The fourth-order valence-corrected chi connectivity index (χ4v) is 10.9. The Morgan fingerprint density at radius 2 is 1.56 bits per heavy atom. The van der Waals surface area contributed by atoms with Crippen LogP contribution in [-0.2, 0) is 9.13 Å². The van der Waals surface area contributed by atoms with Gasteiger partial charge in [-0.2, -0.15) is 0 Å². The second-order valence-corrected chi connectivity index (χ2v) is 10.9. The van der Waals surface area contributed by atoms with Gasteiger partial charge < -0.3 is 9.13 Å². The summed E-state index contributed by atoms with van der Waals surface area (Å²) in [6.45, 7) is 5.33. The van der Waals surface area contributed by atoms with Crippen molar-refractivity contribution in [3.63, 3.8) is 0 Å². The molecular weight excluding hydrogens is 154 g/mol. The second kappa shape index (κ2) is 1.74. The molecule has 1 heterocycles. The largest absolute Gasteiger partial charge is 0.323 e. The highest BCUT2D eigenvalue weighted by Crippen LogP contribution is 2.80. The quantitative estimate of drug-likeness (QED) is 0.517. The zero-order valence-corrected chi connectivity index (χ0v) is 7.78. The maximum Gasteiger partial charge on any atom is 0.102 e. The summed E-state index contributed by atoms with van der Waals surface area (Å²) in [4.78, 5) is 0. The Balaban J connectivity index is 2.86. The molecular formula is C5H12O2P2. The molecule has 4 heteroatoms. The van der Waals surface area contributed by atoms with E-state index in [-0.39, 0.29) is 5.40 Å². The molecule has 1 rings (SSSR count). The molecule has 0 aromatic rings. The molecule has 0 aromatic carbocycles. The molecule has 2 unspecified atom stereocenters. The van der Waals surface area contributed by atoms with Crippen molar-refractivity contribution in [2.45, 2.75) is 12.3 Å². The summed E-state index contributed by atoms with van der Waals surface area (Å²) >= 11 is 0.